The molecule has 0 bridgehead atoms. The Balaban J connectivity index is 1.56. The largest absolute Gasteiger partial charge is 0.491 e. The van der Waals surface area contributed by atoms with Crippen LogP contribution in [0.1, 0.15) is 11.1 Å². The van der Waals surface area contributed by atoms with Gasteiger partial charge in [0.05, 0.1) is 91.5 Å². The average molecular weight is 891 g/mol. The van der Waals surface area contributed by atoms with Gasteiger partial charge in [-0.25, -0.2) is 0 Å². The average Bonchev–Trinajstić information content (AvgIpc) is 3.83. The summed E-state index contributed by atoms with van der Waals surface area (Å²) in [5, 5.41) is 0. The van der Waals surface area contributed by atoms with Crippen LogP contribution in [0.3, 0.4) is 0 Å². The molecule has 0 saturated carbocycles. The monoisotopic (exact) mass is 890 g/mol. The molecule has 0 amide bonds. The van der Waals surface area contributed by atoms with E-state index >= 15 is 0 Å². The van der Waals surface area contributed by atoms with Crippen LogP contribution in [-0.4, -0.2) is 119 Å². The van der Waals surface area contributed by atoms with Crippen LogP contribution in [0.2, 0.25) is 0 Å². The van der Waals surface area contributed by atoms with Gasteiger partial charge >= 0.3 is 0 Å². The molecule has 0 radical (unpaired) electrons. The van der Waals surface area contributed by atoms with Crippen molar-refractivity contribution in [1.82, 2.24) is 0 Å². The molecule has 0 N–H and O–H groups in total. The summed E-state index contributed by atoms with van der Waals surface area (Å²) < 4.78 is 52.4. The van der Waals surface area contributed by atoms with Crippen molar-refractivity contribution in [2.75, 3.05) is 119 Å². The maximum atomic E-state index is 6.08. The molecule has 0 fully saturated rings. The van der Waals surface area contributed by atoms with E-state index in [2.05, 4.69) is 73.6 Å². The molecule has 0 unspecified atom stereocenters. The number of benzene rings is 2. The number of thioether (sulfide) groups is 8. The zero-order valence-corrected chi connectivity index (χ0v) is 38.2. The Hall–Kier alpha value is -0.440. The maximum Gasteiger partial charge on any atom is 0.119 e. The topological polar surface area (TPSA) is 73.8 Å². The minimum absolute atomic E-state index is 0.460. The highest BCUT2D eigenvalue weighted by atomic mass is 32.3. The van der Waals surface area contributed by atoms with E-state index in [0.29, 0.717) is 79.3 Å². The quantitative estimate of drug-likeness (QED) is 0.0798. The van der Waals surface area contributed by atoms with Crippen molar-refractivity contribution in [3.8, 4) is 11.5 Å². The third-order valence-corrected chi connectivity index (χ3v) is 17.8. The first-order chi connectivity index (χ1) is 26.6. The molecule has 0 aromatic heterocycles. The highest BCUT2D eigenvalue weighted by Gasteiger charge is 2.31. The molecule has 4 rings (SSSR count). The van der Waals surface area contributed by atoms with Crippen molar-refractivity contribution in [2.24, 2.45) is 0 Å². The van der Waals surface area contributed by atoms with Gasteiger partial charge in [-0.15, -0.1) is 47.0 Å². The van der Waals surface area contributed by atoms with E-state index < -0.39 is 0 Å². The second kappa shape index (κ2) is 27.3. The van der Waals surface area contributed by atoms with Crippen molar-refractivity contribution in [3.63, 3.8) is 0 Å². The fourth-order valence-corrected chi connectivity index (χ4v) is 15.0. The van der Waals surface area contributed by atoms with Crippen LogP contribution in [0.4, 0.5) is 0 Å². The normalized spacial score (nSPS) is 14.5. The van der Waals surface area contributed by atoms with Gasteiger partial charge in [0.25, 0.3) is 0 Å². The lowest BCUT2D eigenvalue weighted by Crippen LogP contribution is -2.12. The van der Waals surface area contributed by atoms with Gasteiger partial charge in [-0.1, -0.05) is 71.3 Å². The molecule has 8 nitrogen and oxygen atoms in total. The summed E-state index contributed by atoms with van der Waals surface area (Å²) in [7, 11) is 3.33. The van der Waals surface area contributed by atoms with Crippen LogP contribution in [0.15, 0.2) is 74.0 Å². The first-order valence-electron chi connectivity index (χ1n) is 17.2. The van der Waals surface area contributed by atoms with Gasteiger partial charge < -0.3 is 37.9 Å². The van der Waals surface area contributed by atoms with E-state index in [4.69, 9.17) is 37.9 Å². The molecule has 16 heteroatoms. The second-order valence-electron chi connectivity index (χ2n) is 10.9. The van der Waals surface area contributed by atoms with E-state index in [9.17, 15) is 0 Å². The zero-order valence-electron chi connectivity index (χ0n) is 31.6. The lowest BCUT2D eigenvalue weighted by Gasteiger charge is -2.19. The van der Waals surface area contributed by atoms with E-state index in [0.717, 1.165) is 22.6 Å². The lowest BCUT2D eigenvalue weighted by molar-refractivity contribution is 0.0180. The standard InChI is InChI=1S/C38H50O8S8/c1-39-15-17-41-19-21-43-23-25-45-29-11-7-27(8-12-29)31(33-51-35(47-3)36(48-4)52-33)32(34-53-37(49-5)38(50-6)54-34)28-9-13-30(14-10-28)46-26-24-44-22-20-42-18-16-40-2/h7-14H,15-26H2,1-6H3. The van der Waals surface area contributed by atoms with Crippen molar-refractivity contribution >= 4 is 105 Å². The first-order valence-corrected chi connectivity index (χ1v) is 25.3. The summed E-state index contributed by atoms with van der Waals surface area (Å²) in [4.78, 5) is 0. The Morgan fingerprint density at radius 2 is 0.685 bits per heavy atom. The van der Waals surface area contributed by atoms with E-state index in [1.54, 1.807) is 14.2 Å². The van der Waals surface area contributed by atoms with Gasteiger partial charge in [0, 0.05) is 25.4 Å². The van der Waals surface area contributed by atoms with Gasteiger partial charge in [0.1, 0.15) is 24.7 Å². The molecular weight excluding hydrogens is 841 g/mol. The smallest absolute Gasteiger partial charge is 0.119 e. The summed E-state index contributed by atoms with van der Waals surface area (Å²) in [6.45, 7) is 6.32. The summed E-state index contributed by atoms with van der Waals surface area (Å²) >= 11 is 14.7. The molecule has 54 heavy (non-hydrogen) atoms. The number of rotatable bonds is 27. The Kier molecular flexibility index (Phi) is 23.4. The summed E-state index contributed by atoms with van der Waals surface area (Å²) in [5.74, 6) is 1.61. The van der Waals surface area contributed by atoms with Gasteiger partial charge in [0.2, 0.25) is 0 Å². The molecule has 0 saturated heterocycles. The van der Waals surface area contributed by atoms with Crippen LogP contribution in [0, 0.1) is 0 Å². The number of hydrogen-bond acceptors (Lipinski definition) is 16. The molecule has 2 heterocycles. The predicted molar refractivity (Wildman–Crippen MR) is 243 cm³/mol. The second-order valence-corrected chi connectivity index (χ2v) is 19.8. The Morgan fingerprint density at radius 3 is 0.963 bits per heavy atom. The van der Waals surface area contributed by atoms with Crippen molar-refractivity contribution in [1.29, 1.82) is 0 Å². The molecule has 0 spiro atoms. The van der Waals surface area contributed by atoms with Crippen molar-refractivity contribution in [3.05, 3.63) is 85.1 Å². The van der Waals surface area contributed by atoms with E-state index in [1.807, 2.05) is 94.1 Å². The summed E-state index contributed by atoms with van der Waals surface area (Å²) in [6.07, 6.45) is 8.64. The third-order valence-electron chi connectivity index (χ3n) is 7.36. The molecule has 2 aromatic rings. The summed E-state index contributed by atoms with van der Waals surface area (Å²) in [6, 6.07) is 17.0. The first kappa shape index (κ1) is 46.3. The number of allylic oxidation sites excluding steroid dienone is 2. The fourth-order valence-electron chi connectivity index (χ4n) is 4.78. The highest BCUT2D eigenvalue weighted by Crippen LogP contribution is 2.64. The van der Waals surface area contributed by atoms with Crippen LogP contribution in [0.25, 0.3) is 11.1 Å². The van der Waals surface area contributed by atoms with Gasteiger partial charge in [-0.05, 0) is 60.4 Å². The number of hydrogen-bond donors (Lipinski definition) is 0. The highest BCUT2D eigenvalue weighted by molar-refractivity contribution is 8.41. The fraction of sp³-hybridized carbons (Fsp3) is 0.474. The minimum atomic E-state index is 0.460. The van der Waals surface area contributed by atoms with Crippen LogP contribution in [-0.2, 0) is 28.4 Å². The van der Waals surface area contributed by atoms with Crippen LogP contribution >= 0.6 is 94.1 Å². The minimum Gasteiger partial charge on any atom is -0.491 e. The Bertz CT molecular complexity index is 1400. The van der Waals surface area contributed by atoms with E-state index in [1.165, 1.54) is 36.6 Å². The van der Waals surface area contributed by atoms with Crippen molar-refractivity contribution < 1.29 is 37.9 Å². The van der Waals surface area contributed by atoms with Gasteiger partial charge in [-0.3, -0.25) is 0 Å². The molecule has 0 aliphatic carbocycles. The molecule has 298 valence electrons. The molecule has 0 atom stereocenters. The van der Waals surface area contributed by atoms with Gasteiger partial charge in [0.15, 0.2) is 0 Å². The molecule has 2 aliphatic heterocycles. The molecule has 2 aliphatic rings. The zero-order chi connectivity index (χ0) is 38.4. The maximum absolute atomic E-state index is 6.08. The Labute approximate surface area is 355 Å². The third kappa shape index (κ3) is 15.1. The Morgan fingerprint density at radius 1 is 0.407 bits per heavy atom. The van der Waals surface area contributed by atoms with E-state index in [-0.39, 0.29) is 0 Å². The van der Waals surface area contributed by atoms with Gasteiger partial charge in [-0.2, -0.15) is 0 Å². The number of ether oxygens (including phenoxy) is 8. The van der Waals surface area contributed by atoms with Crippen molar-refractivity contribution in [2.45, 2.75) is 0 Å². The summed E-state index contributed by atoms with van der Waals surface area (Å²) in [5.41, 5.74) is 4.72. The molecule has 2 aromatic carbocycles. The van der Waals surface area contributed by atoms with Crippen LogP contribution in [0.5, 0.6) is 11.5 Å². The molecular formula is C38H50O8S8. The SMILES string of the molecule is COCCOCCOCCOc1ccc(C(=C2SC(SC)=C(SC)S2)C(=C2SC(SC)=C(SC)S2)c2ccc(OCCOCCOCCOC)cc2)cc1. The van der Waals surface area contributed by atoms with Crippen LogP contribution < -0.4 is 9.47 Å². The predicted octanol–water partition coefficient (Wildman–Crippen LogP) is 10.5. The lowest BCUT2D eigenvalue weighted by atomic mass is 9.94. The number of methoxy groups -OCH3 is 2.